The highest BCUT2D eigenvalue weighted by Crippen LogP contribution is 2.38. The Kier molecular flexibility index (Phi) is 13.7. The van der Waals surface area contributed by atoms with Crippen molar-refractivity contribution in [1.29, 1.82) is 0 Å². The lowest BCUT2D eigenvalue weighted by Gasteiger charge is -2.19. The number of Topliss-reactive ketones (excluding diaryl/α,β-unsaturated/α-hetero) is 2. The first-order valence-corrected chi connectivity index (χ1v) is 28.7. The van der Waals surface area contributed by atoms with Gasteiger partial charge in [-0.25, -0.2) is 0 Å². The number of hydrazone groups is 2. The van der Waals surface area contributed by atoms with Crippen LogP contribution in [-0.4, -0.2) is 97.9 Å². The average molecular weight is 1180 g/mol. The smallest absolute Gasteiger partial charge is 0.297 e. The Bertz CT molecular complexity index is 4700. The number of hydrogen-bond donors (Lipinski definition) is 9. The molecule has 404 valence electrons. The van der Waals surface area contributed by atoms with Crippen LogP contribution in [0.15, 0.2) is 160 Å². The third kappa shape index (κ3) is 11.2. The van der Waals surface area contributed by atoms with Crippen molar-refractivity contribution in [2.24, 2.45) is 20.4 Å². The fourth-order valence-corrected chi connectivity index (χ4v) is 11.1. The molecule has 7 aromatic carbocycles. The van der Waals surface area contributed by atoms with Crippen molar-refractivity contribution >= 4 is 147 Å². The van der Waals surface area contributed by atoms with Gasteiger partial charge in [0.1, 0.15) is 26.1 Å². The Morgan fingerprint density at radius 1 is 0.481 bits per heavy atom. The van der Waals surface area contributed by atoms with Gasteiger partial charge in [-0.05, 0) is 120 Å². The van der Waals surface area contributed by atoms with Gasteiger partial charge in [-0.15, -0.1) is 10.2 Å². The maximum atomic E-state index is 14.0. The lowest BCUT2D eigenvalue weighted by atomic mass is 9.93. The molecule has 0 saturated carbocycles. The van der Waals surface area contributed by atoms with Crippen LogP contribution in [0.4, 0.5) is 39.8 Å². The summed E-state index contributed by atoms with van der Waals surface area (Å²) in [4.78, 5) is 33.8. The molecule has 28 nitrogen and oxygen atoms in total. The molecule has 9 N–H and O–H groups in total. The summed E-state index contributed by atoms with van der Waals surface area (Å²) in [6, 6.07) is 21.3. The Hall–Kier alpha value is -9.03. The molecule has 0 spiro atoms. The first-order valence-electron chi connectivity index (χ1n) is 21.5. The van der Waals surface area contributed by atoms with Crippen molar-refractivity contribution < 1.29 is 84.5 Å². The van der Waals surface area contributed by atoms with Crippen LogP contribution in [0.3, 0.4) is 0 Å². The van der Waals surface area contributed by atoms with E-state index in [-0.39, 0.29) is 72.2 Å². The second-order valence-electron chi connectivity index (χ2n) is 16.8. The minimum Gasteiger partial charge on any atom is -0.507 e. The second kappa shape index (κ2) is 19.8. The molecule has 0 radical (unpaired) electrons. The molecular formula is C46H30N8O20S5. The van der Waals surface area contributed by atoms with E-state index < -0.39 is 120 Å². The monoisotopic (exact) mass is 1170 g/mol. The van der Waals surface area contributed by atoms with E-state index in [1.54, 1.807) is 0 Å². The number of benzene rings is 7. The molecule has 2 aliphatic rings. The van der Waals surface area contributed by atoms with Crippen molar-refractivity contribution in [3.8, 4) is 5.75 Å². The van der Waals surface area contributed by atoms with Gasteiger partial charge in [0.15, 0.2) is 11.4 Å². The Labute approximate surface area is 443 Å². The first-order chi connectivity index (χ1) is 36.8. The van der Waals surface area contributed by atoms with E-state index in [2.05, 4.69) is 36.6 Å². The van der Waals surface area contributed by atoms with Gasteiger partial charge >= 0.3 is 0 Å². The fourth-order valence-electron chi connectivity index (χ4n) is 8.05. The number of phenols is 1. The maximum absolute atomic E-state index is 14.0. The number of anilines is 4. The van der Waals surface area contributed by atoms with E-state index in [9.17, 15) is 89.7 Å². The van der Waals surface area contributed by atoms with Crippen molar-refractivity contribution in [1.82, 2.24) is 0 Å². The third-order valence-corrected chi connectivity index (χ3v) is 16.0. The topological polar surface area (TPSA) is 455 Å². The number of non-ortho nitro benzene ring substituents is 1. The molecule has 0 atom stereocenters. The minimum absolute atomic E-state index is 0.0000837. The van der Waals surface area contributed by atoms with Crippen LogP contribution in [0.25, 0.3) is 33.7 Å². The number of nitro benzene ring substituents is 1. The Morgan fingerprint density at radius 2 is 1.01 bits per heavy atom. The van der Waals surface area contributed by atoms with Crippen LogP contribution in [0.5, 0.6) is 5.75 Å². The summed E-state index contributed by atoms with van der Waals surface area (Å²) < 4.78 is 172. The number of nitrogens with zero attached hydrogens (tertiary/aromatic N) is 5. The molecule has 0 heterocycles. The van der Waals surface area contributed by atoms with Crippen LogP contribution >= 0.6 is 0 Å². The van der Waals surface area contributed by atoms with E-state index in [1.165, 1.54) is 66.7 Å². The standard InChI is InChI=1S/C46H30N8O20S5/c55-39-21-30(76(63,64)65)16-22-15-27(3-6-31(22)39)48-52-43-41(78(69,70)71)17-23-13-25(1-7-32(23)45(43)56)47-26-2-8-33-24(14-26)18-42(79(72,73)74)44(46(33)57)53-50-37-12-11-36(34-9-5-29(20-35(34)37)75(60,61)62)49-51-38-10-4-28(54(58)59)19-40(38)77(66,67)68/h1-21,47-48,50,55H,(H,60,61,62)(H,63,64,65)(H,66,67,68)(H,69,70,71)(H,72,73,74). The summed E-state index contributed by atoms with van der Waals surface area (Å²) in [5.41, 5.74) is 1.73. The quantitative estimate of drug-likeness (QED) is 0.0223. The lowest BCUT2D eigenvalue weighted by molar-refractivity contribution is -0.385. The zero-order valence-corrected chi connectivity index (χ0v) is 42.9. The van der Waals surface area contributed by atoms with E-state index in [0.29, 0.717) is 6.07 Å². The zero-order valence-electron chi connectivity index (χ0n) is 38.8. The first kappa shape index (κ1) is 54.7. The molecule has 7 aromatic rings. The van der Waals surface area contributed by atoms with Crippen LogP contribution in [0, 0.1) is 10.1 Å². The predicted molar refractivity (Wildman–Crippen MR) is 282 cm³/mol. The Morgan fingerprint density at radius 3 is 1.56 bits per heavy atom. The lowest BCUT2D eigenvalue weighted by Crippen LogP contribution is -2.27. The summed E-state index contributed by atoms with van der Waals surface area (Å²) in [5, 5.41) is 40.2. The van der Waals surface area contributed by atoms with E-state index in [4.69, 9.17) is 0 Å². The minimum atomic E-state index is -5.28. The summed E-state index contributed by atoms with van der Waals surface area (Å²) in [6.07, 6.45) is 1.84. The van der Waals surface area contributed by atoms with Crippen molar-refractivity contribution in [3.05, 3.63) is 157 Å². The van der Waals surface area contributed by atoms with Gasteiger partial charge in [-0.2, -0.15) is 52.3 Å². The number of carbonyl (C=O) groups excluding carboxylic acids is 2. The summed E-state index contributed by atoms with van der Waals surface area (Å²) >= 11 is 0. The maximum Gasteiger partial charge on any atom is 0.297 e. The number of nitro groups is 1. The number of hydrogen-bond acceptors (Lipinski definition) is 22. The predicted octanol–water partition coefficient (Wildman–Crippen LogP) is 7.29. The Balaban J connectivity index is 1.00. The van der Waals surface area contributed by atoms with E-state index >= 15 is 0 Å². The molecule has 79 heavy (non-hydrogen) atoms. The van der Waals surface area contributed by atoms with Crippen molar-refractivity contribution in [3.63, 3.8) is 0 Å². The molecule has 0 aliphatic heterocycles. The van der Waals surface area contributed by atoms with Gasteiger partial charge in [0.05, 0.1) is 31.8 Å². The number of azo groups is 1. The third-order valence-electron chi connectivity index (χ3n) is 11.7. The van der Waals surface area contributed by atoms with Crippen molar-refractivity contribution in [2.45, 2.75) is 14.7 Å². The molecular weight excluding hydrogens is 1140 g/mol. The normalized spacial score (nSPS) is 15.3. The van der Waals surface area contributed by atoms with Gasteiger partial charge in [0, 0.05) is 56.9 Å². The number of phenolic OH excluding ortho intramolecular Hbond substituents is 1. The highest BCUT2D eigenvalue weighted by molar-refractivity contribution is 7.91. The van der Waals surface area contributed by atoms with Gasteiger partial charge in [0.2, 0.25) is 11.6 Å². The summed E-state index contributed by atoms with van der Waals surface area (Å²) in [7, 11) is -25.2. The molecule has 0 fully saturated rings. The van der Waals surface area contributed by atoms with Crippen molar-refractivity contribution in [2.75, 3.05) is 16.2 Å². The van der Waals surface area contributed by atoms with Gasteiger partial charge in [-0.3, -0.25) is 53.3 Å². The number of rotatable bonds is 14. The largest absolute Gasteiger partial charge is 0.507 e. The zero-order chi connectivity index (χ0) is 57.3. The molecule has 0 bridgehead atoms. The van der Waals surface area contributed by atoms with Crippen LogP contribution < -0.4 is 16.2 Å². The summed E-state index contributed by atoms with van der Waals surface area (Å²) in [5.74, 6) is -2.54. The van der Waals surface area contributed by atoms with E-state index in [1.807, 2.05) is 0 Å². The SMILES string of the molecule is O=C1C(=NNc2ccc3c(O)cc(S(=O)(=O)O)cc3c2)C(S(=O)(=O)O)=Cc2cc(Nc3ccc4c(c3)C=C(S(=O)(=O)O)C(=NNc3ccc(N=Nc5ccc([N+](=O)[O-])cc5S(=O)(=O)O)c5ccc(S(=O)(=O)O)cc35)C4=O)ccc21. The number of carbonyl (C=O) groups is 2. The fraction of sp³-hybridized carbons (Fsp3) is 0. The van der Waals surface area contributed by atoms with Gasteiger partial charge < -0.3 is 10.4 Å². The second-order valence-corrected chi connectivity index (χ2v) is 23.8. The van der Waals surface area contributed by atoms with Gasteiger partial charge in [0.25, 0.3) is 56.3 Å². The van der Waals surface area contributed by atoms with E-state index in [0.717, 1.165) is 54.6 Å². The number of nitrogens with one attached hydrogen (secondary N) is 3. The molecule has 0 amide bonds. The number of aromatic hydroxyl groups is 1. The molecule has 0 aromatic heterocycles. The highest BCUT2D eigenvalue weighted by Gasteiger charge is 2.35. The molecule has 2 aliphatic carbocycles. The molecule has 0 saturated heterocycles. The van der Waals surface area contributed by atoms with Crippen LogP contribution in [-0.2, 0) is 50.6 Å². The van der Waals surface area contributed by atoms with Gasteiger partial charge in [-0.1, -0.05) is 6.07 Å². The van der Waals surface area contributed by atoms with Crippen LogP contribution in [0.2, 0.25) is 0 Å². The van der Waals surface area contributed by atoms with Crippen LogP contribution in [0.1, 0.15) is 31.8 Å². The number of fused-ring (bicyclic) bond motifs is 4. The highest BCUT2D eigenvalue weighted by atomic mass is 32.2. The number of ketones is 2. The molecule has 33 heteroatoms. The molecule has 0 unspecified atom stereocenters. The average Bonchev–Trinajstić information content (AvgIpc) is 3.36. The summed E-state index contributed by atoms with van der Waals surface area (Å²) in [6.45, 7) is 0. The molecule has 9 rings (SSSR count). The number of allylic oxidation sites excluding steroid dienone is 2.